The number of aliphatic hydroxyl groups is 1. The highest BCUT2D eigenvalue weighted by atomic mass is 16.5. The van der Waals surface area contributed by atoms with Crippen molar-refractivity contribution in [3.05, 3.63) is 59.4 Å². The Labute approximate surface area is 198 Å². The summed E-state index contributed by atoms with van der Waals surface area (Å²) in [6, 6.07) is 10.8. The van der Waals surface area contributed by atoms with Gasteiger partial charge in [0.2, 0.25) is 0 Å². The van der Waals surface area contributed by atoms with E-state index < -0.39 is 5.60 Å². The Balaban J connectivity index is 1.51. The lowest BCUT2D eigenvalue weighted by Crippen LogP contribution is -2.68. The minimum absolute atomic E-state index is 0.137. The molecule has 5 heteroatoms. The number of hydrogen-bond donors (Lipinski definition) is 1. The summed E-state index contributed by atoms with van der Waals surface area (Å²) in [4.78, 5) is 9.29. The van der Waals surface area contributed by atoms with Crippen molar-refractivity contribution >= 4 is 0 Å². The molecular weight excluding hydrogens is 410 g/mol. The number of pyridine rings is 1. The molecule has 5 rings (SSSR count). The van der Waals surface area contributed by atoms with Crippen molar-refractivity contribution in [2.45, 2.75) is 69.6 Å². The molecule has 3 aliphatic rings. The summed E-state index contributed by atoms with van der Waals surface area (Å²) in [5.41, 5.74) is 2.80. The summed E-state index contributed by atoms with van der Waals surface area (Å²) in [7, 11) is 1.74. The minimum Gasteiger partial charge on any atom is -0.497 e. The Hall–Kier alpha value is -1.95. The Morgan fingerprint density at radius 3 is 2.52 bits per heavy atom. The molecule has 0 amide bonds. The first kappa shape index (κ1) is 22.8. The van der Waals surface area contributed by atoms with Gasteiger partial charge < -0.3 is 9.84 Å². The fourth-order valence-electron chi connectivity index (χ4n) is 6.56. The van der Waals surface area contributed by atoms with Gasteiger partial charge in [-0.3, -0.25) is 14.8 Å². The topological polar surface area (TPSA) is 48.8 Å². The highest BCUT2D eigenvalue weighted by Gasteiger charge is 2.59. The molecule has 3 atom stereocenters. The SMILES string of the molecule is COc1ccc(C)c(C23CCN(Cc4ccncc4)CCC2(O)C(C)N(CC2CC2)CC3)c1. The molecular formula is C28H39N3O2. The molecule has 1 saturated carbocycles. The first-order chi connectivity index (χ1) is 15.9. The lowest BCUT2D eigenvalue weighted by Gasteiger charge is -2.58. The first-order valence-corrected chi connectivity index (χ1v) is 12.7. The second-order valence-corrected chi connectivity index (χ2v) is 10.7. The van der Waals surface area contributed by atoms with Crippen LogP contribution in [-0.4, -0.2) is 64.8 Å². The van der Waals surface area contributed by atoms with Crippen molar-refractivity contribution in [1.29, 1.82) is 0 Å². The third-order valence-electron chi connectivity index (χ3n) is 8.86. The van der Waals surface area contributed by atoms with E-state index in [0.29, 0.717) is 0 Å². The van der Waals surface area contributed by atoms with Gasteiger partial charge in [0.05, 0.1) is 12.7 Å². The zero-order valence-electron chi connectivity index (χ0n) is 20.5. The fraction of sp³-hybridized carbons (Fsp3) is 0.607. The molecule has 0 bridgehead atoms. The lowest BCUT2D eigenvalue weighted by atomic mass is 9.57. The highest BCUT2D eigenvalue weighted by Crippen LogP contribution is 2.53. The number of fused-ring (bicyclic) bond motifs is 1. The third-order valence-corrected chi connectivity index (χ3v) is 8.86. The molecule has 178 valence electrons. The fourth-order valence-corrected chi connectivity index (χ4v) is 6.56. The Bertz CT molecular complexity index is 963. The van der Waals surface area contributed by atoms with Gasteiger partial charge in [0.1, 0.15) is 5.75 Å². The number of likely N-dealkylation sites (tertiary alicyclic amines) is 2. The van der Waals surface area contributed by atoms with Crippen molar-refractivity contribution in [2.75, 3.05) is 33.3 Å². The molecule has 1 aliphatic carbocycles. The van der Waals surface area contributed by atoms with Crippen LogP contribution in [0.15, 0.2) is 42.7 Å². The predicted molar refractivity (Wildman–Crippen MR) is 131 cm³/mol. The van der Waals surface area contributed by atoms with Gasteiger partial charge >= 0.3 is 0 Å². The molecule has 0 spiro atoms. The van der Waals surface area contributed by atoms with Crippen molar-refractivity contribution in [3.63, 3.8) is 0 Å². The summed E-state index contributed by atoms with van der Waals surface area (Å²) in [5.74, 6) is 1.72. The van der Waals surface area contributed by atoms with Crippen LogP contribution in [0.2, 0.25) is 0 Å². The van der Waals surface area contributed by atoms with Gasteiger partial charge in [-0.25, -0.2) is 0 Å². The van der Waals surface area contributed by atoms with Gasteiger partial charge in [-0.05, 0) is 106 Å². The normalized spacial score (nSPS) is 31.1. The Morgan fingerprint density at radius 1 is 1.06 bits per heavy atom. The van der Waals surface area contributed by atoms with Crippen LogP contribution in [-0.2, 0) is 12.0 Å². The highest BCUT2D eigenvalue weighted by molar-refractivity contribution is 5.44. The average Bonchev–Trinajstić information content (AvgIpc) is 3.66. The van der Waals surface area contributed by atoms with Gasteiger partial charge in [0.15, 0.2) is 0 Å². The van der Waals surface area contributed by atoms with Gasteiger partial charge in [0.25, 0.3) is 0 Å². The average molecular weight is 450 g/mol. The number of aryl methyl sites for hydroxylation is 1. The smallest absolute Gasteiger partial charge is 0.119 e. The van der Waals surface area contributed by atoms with E-state index in [1.807, 2.05) is 18.5 Å². The number of aromatic nitrogens is 1. The van der Waals surface area contributed by atoms with Crippen LogP contribution in [0.25, 0.3) is 0 Å². The maximum atomic E-state index is 12.7. The molecule has 3 fully saturated rings. The van der Waals surface area contributed by atoms with E-state index in [0.717, 1.165) is 63.7 Å². The maximum absolute atomic E-state index is 12.7. The van der Waals surface area contributed by atoms with Crippen molar-refractivity contribution in [2.24, 2.45) is 5.92 Å². The van der Waals surface area contributed by atoms with Gasteiger partial charge in [-0.1, -0.05) is 6.07 Å². The van der Waals surface area contributed by atoms with E-state index in [4.69, 9.17) is 4.74 Å². The minimum atomic E-state index is -0.774. The predicted octanol–water partition coefficient (Wildman–Crippen LogP) is 4.17. The molecule has 33 heavy (non-hydrogen) atoms. The number of nitrogens with zero attached hydrogens (tertiary/aromatic N) is 3. The molecule has 3 unspecified atom stereocenters. The summed E-state index contributed by atoms with van der Waals surface area (Å²) >= 11 is 0. The van der Waals surface area contributed by atoms with Crippen LogP contribution in [0.1, 0.15) is 55.7 Å². The molecule has 1 aromatic carbocycles. The van der Waals surface area contributed by atoms with Crippen LogP contribution in [0.3, 0.4) is 0 Å². The van der Waals surface area contributed by atoms with Crippen molar-refractivity contribution in [3.8, 4) is 5.75 Å². The first-order valence-electron chi connectivity index (χ1n) is 12.7. The van der Waals surface area contributed by atoms with Gasteiger partial charge in [-0.15, -0.1) is 0 Å². The molecule has 1 aromatic heterocycles. The summed E-state index contributed by atoms with van der Waals surface area (Å²) in [5, 5.41) is 12.7. The molecule has 3 heterocycles. The van der Waals surface area contributed by atoms with Crippen molar-refractivity contribution in [1.82, 2.24) is 14.8 Å². The Morgan fingerprint density at radius 2 is 1.79 bits per heavy atom. The van der Waals surface area contributed by atoms with Gasteiger partial charge in [0, 0.05) is 43.5 Å². The van der Waals surface area contributed by atoms with Crippen LogP contribution in [0, 0.1) is 12.8 Å². The standard InChI is InChI=1S/C28H39N3O2/c1-21-4-7-25(33-3)18-26(21)27-10-15-30(19-24-8-13-29-14-9-24)16-12-28(27,32)22(2)31(17-11-27)20-23-5-6-23/h4,7-9,13-14,18,22-23,32H,5-6,10-12,15-17,19-20H2,1-3H3. The van der Waals surface area contributed by atoms with E-state index in [1.165, 1.54) is 29.5 Å². The summed E-state index contributed by atoms with van der Waals surface area (Å²) in [6.07, 6.45) is 9.20. The van der Waals surface area contributed by atoms with Crippen LogP contribution in [0.4, 0.5) is 0 Å². The van der Waals surface area contributed by atoms with E-state index in [1.54, 1.807) is 7.11 Å². The number of ether oxygens (including phenoxy) is 1. The molecule has 2 saturated heterocycles. The van der Waals surface area contributed by atoms with Crippen LogP contribution >= 0.6 is 0 Å². The van der Waals surface area contributed by atoms with Crippen LogP contribution < -0.4 is 4.74 Å². The molecule has 1 N–H and O–H groups in total. The zero-order chi connectivity index (χ0) is 23.1. The van der Waals surface area contributed by atoms with Crippen LogP contribution in [0.5, 0.6) is 5.75 Å². The summed E-state index contributed by atoms with van der Waals surface area (Å²) < 4.78 is 5.64. The molecule has 2 aliphatic heterocycles. The largest absolute Gasteiger partial charge is 0.497 e. The quantitative estimate of drug-likeness (QED) is 0.717. The van der Waals surface area contributed by atoms with Crippen molar-refractivity contribution < 1.29 is 9.84 Å². The number of methoxy groups -OCH3 is 1. The number of benzene rings is 1. The number of hydrogen-bond acceptors (Lipinski definition) is 5. The number of rotatable bonds is 6. The van der Waals surface area contributed by atoms with E-state index in [9.17, 15) is 5.11 Å². The maximum Gasteiger partial charge on any atom is 0.119 e. The second kappa shape index (κ2) is 9.01. The zero-order valence-corrected chi connectivity index (χ0v) is 20.5. The number of piperidine rings is 1. The van der Waals surface area contributed by atoms with Gasteiger partial charge in [-0.2, -0.15) is 0 Å². The molecule has 2 aromatic rings. The third kappa shape index (κ3) is 4.20. The second-order valence-electron chi connectivity index (χ2n) is 10.7. The van der Waals surface area contributed by atoms with E-state index in [-0.39, 0.29) is 11.5 Å². The van der Waals surface area contributed by atoms with E-state index in [2.05, 4.69) is 52.9 Å². The summed E-state index contributed by atoms with van der Waals surface area (Å²) in [6.45, 7) is 9.47. The molecule has 5 nitrogen and oxygen atoms in total. The van der Waals surface area contributed by atoms with E-state index >= 15 is 0 Å². The monoisotopic (exact) mass is 449 g/mol. The Kier molecular flexibility index (Phi) is 6.23. The molecule has 0 radical (unpaired) electrons. The lowest BCUT2D eigenvalue weighted by molar-refractivity contribution is -0.136.